The Labute approximate surface area is 126 Å². The molecule has 4 unspecified atom stereocenters. The number of fused-ring (bicyclic) bond motifs is 1. The highest BCUT2D eigenvalue weighted by Crippen LogP contribution is 2.51. The van der Waals surface area contributed by atoms with Crippen molar-refractivity contribution in [3.8, 4) is 5.75 Å². The van der Waals surface area contributed by atoms with E-state index < -0.39 is 35.6 Å². The molecule has 0 aliphatic heterocycles. The third kappa shape index (κ3) is 2.78. The second kappa shape index (κ2) is 6.02. The molecule has 0 aromatic carbocycles. The summed E-state index contributed by atoms with van der Waals surface area (Å²) in [4.78, 5) is 3.39. The van der Waals surface area contributed by atoms with Crippen LogP contribution in [0.2, 0.25) is 0 Å². The van der Waals surface area contributed by atoms with Gasteiger partial charge in [-0.15, -0.1) is 0 Å². The molecule has 0 fully saturated rings. The fourth-order valence-electron chi connectivity index (χ4n) is 2.79. The molecule has 3 nitrogen and oxygen atoms in total. The van der Waals surface area contributed by atoms with E-state index in [1.54, 1.807) is 13.8 Å². The van der Waals surface area contributed by atoms with Gasteiger partial charge in [0.1, 0.15) is 18.0 Å². The summed E-state index contributed by atoms with van der Waals surface area (Å²) in [5, 5.41) is 9.94. The molecule has 0 saturated heterocycles. The van der Waals surface area contributed by atoms with Crippen LogP contribution >= 0.6 is 0 Å². The van der Waals surface area contributed by atoms with Crippen molar-refractivity contribution in [2.45, 2.75) is 64.1 Å². The van der Waals surface area contributed by atoms with E-state index >= 15 is 0 Å². The molecule has 1 aromatic heterocycles. The van der Waals surface area contributed by atoms with E-state index in [9.17, 15) is 22.7 Å². The van der Waals surface area contributed by atoms with Crippen LogP contribution in [-0.4, -0.2) is 22.4 Å². The number of ether oxygens (including phenoxy) is 1. The van der Waals surface area contributed by atoms with Gasteiger partial charge < -0.3 is 9.84 Å². The quantitative estimate of drug-likeness (QED) is 0.847. The Morgan fingerprint density at radius 1 is 1.32 bits per heavy atom. The maximum Gasteiger partial charge on any atom is 0.433 e. The third-order valence-corrected chi connectivity index (χ3v) is 4.09. The normalized spacial score (nSPS) is 25.9. The second-order valence-corrected chi connectivity index (χ2v) is 5.54. The maximum absolute atomic E-state index is 14.2. The molecule has 0 radical (unpaired) electrons. The van der Waals surface area contributed by atoms with Crippen LogP contribution in [0.4, 0.5) is 17.6 Å². The first kappa shape index (κ1) is 17.0. The Morgan fingerprint density at radius 3 is 2.45 bits per heavy atom. The van der Waals surface area contributed by atoms with Gasteiger partial charge in [-0.05, 0) is 19.8 Å². The lowest BCUT2D eigenvalue weighted by Gasteiger charge is -2.20. The van der Waals surface area contributed by atoms with E-state index in [0.717, 1.165) is 6.20 Å². The molecule has 0 spiro atoms. The SMILES string of the molecule is CCC(C)Oc1cnc(C(F)(F)F)c2c1C(CC)C(F)C2O. The van der Waals surface area contributed by atoms with E-state index in [4.69, 9.17) is 4.74 Å². The molecular weight excluding hydrogens is 302 g/mol. The first-order chi connectivity index (χ1) is 10.2. The van der Waals surface area contributed by atoms with Crippen molar-refractivity contribution < 1.29 is 27.4 Å². The predicted octanol–water partition coefficient (Wildman–Crippen LogP) is 4.16. The van der Waals surface area contributed by atoms with Crippen LogP contribution in [0.25, 0.3) is 0 Å². The minimum absolute atomic E-state index is 0.102. The third-order valence-electron chi connectivity index (χ3n) is 4.09. The first-order valence-corrected chi connectivity index (χ1v) is 7.31. The molecule has 1 aliphatic carbocycles. The van der Waals surface area contributed by atoms with Crippen LogP contribution in [-0.2, 0) is 6.18 Å². The summed E-state index contributed by atoms with van der Waals surface area (Å²) in [6, 6.07) is 0. The number of nitrogens with zero attached hydrogens (tertiary/aromatic N) is 1. The maximum atomic E-state index is 14.2. The van der Waals surface area contributed by atoms with Crippen molar-refractivity contribution in [1.29, 1.82) is 0 Å². The molecule has 2 rings (SSSR count). The number of hydrogen-bond acceptors (Lipinski definition) is 3. The number of halogens is 4. The van der Waals surface area contributed by atoms with Gasteiger partial charge in [0.25, 0.3) is 0 Å². The van der Waals surface area contributed by atoms with E-state index in [1.165, 1.54) is 0 Å². The van der Waals surface area contributed by atoms with Crippen LogP contribution < -0.4 is 4.74 Å². The van der Waals surface area contributed by atoms with E-state index in [1.807, 2.05) is 6.92 Å². The number of aromatic nitrogens is 1. The van der Waals surface area contributed by atoms with Crippen molar-refractivity contribution in [3.63, 3.8) is 0 Å². The molecule has 7 heteroatoms. The Morgan fingerprint density at radius 2 is 1.95 bits per heavy atom. The number of pyridine rings is 1. The van der Waals surface area contributed by atoms with Gasteiger partial charge in [0.05, 0.1) is 12.3 Å². The average Bonchev–Trinajstić information content (AvgIpc) is 2.70. The molecule has 1 aromatic rings. The molecule has 1 N–H and O–H groups in total. The summed E-state index contributed by atoms with van der Waals surface area (Å²) in [6.07, 6.45) is -6.70. The molecule has 0 bridgehead atoms. The van der Waals surface area contributed by atoms with Crippen LogP contribution in [0.3, 0.4) is 0 Å². The Hall–Kier alpha value is -1.37. The van der Waals surface area contributed by atoms with Gasteiger partial charge >= 0.3 is 6.18 Å². The zero-order valence-electron chi connectivity index (χ0n) is 12.6. The largest absolute Gasteiger partial charge is 0.489 e. The smallest absolute Gasteiger partial charge is 0.433 e. The first-order valence-electron chi connectivity index (χ1n) is 7.31. The Kier molecular flexibility index (Phi) is 4.65. The number of hydrogen-bond donors (Lipinski definition) is 1. The van der Waals surface area contributed by atoms with Crippen molar-refractivity contribution >= 4 is 0 Å². The molecule has 1 aliphatic rings. The number of alkyl halides is 4. The number of rotatable bonds is 4. The van der Waals surface area contributed by atoms with E-state index in [0.29, 0.717) is 6.42 Å². The number of aliphatic hydroxyl groups excluding tert-OH is 1. The summed E-state index contributed by atoms with van der Waals surface area (Å²) >= 11 is 0. The standard InChI is InChI=1S/C15H19F4NO2/c1-4-7(3)22-9-6-20-14(15(17,18)19)11-10(9)8(5-2)12(16)13(11)21/h6-8,12-13,21H,4-5H2,1-3H3. The summed E-state index contributed by atoms with van der Waals surface area (Å²) in [5.74, 6) is -0.698. The van der Waals surface area contributed by atoms with Crippen LogP contribution in [0, 0.1) is 0 Å². The number of aliphatic hydroxyl groups is 1. The summed E-state index contributed by atoms with van der Waals surface area (Å²) < 4.78 is 59.1. The highest BCUT2D eigenvalue weighted by molar-refractivity contribution is 5.50. The van der Waals surface area contributed by atoms with Gasteiger partial charge in [-0.2, -0.15) is 13.2 Å². The molecular formula is C15H19F4NO2. The molecule has 124 valence electrons. The van der Waals surface area contributed by atoms with Gasteiger partial charge in [-0.1, -0.05) is 13.8 Å². The van der Waals surface area contributed by atoms with Crippen molar-refractivity contribution in [2.24, 2.45) is 0 Å². The van der Waals surface area contributed by atoms with Crippen molar-refractivity contribution in [3.05, 3.63) is 23.0 Å². The van der Waals surface area contributed by atoms with Crippen LogP contribution in [0.5, 0.6) is 5.75 Å². The zero-order valence-corrected chi connectivity index (χ0v) is 12.6. The van der Waals surface area contributed by atoms with E-state index in [2.05, 4.69) is 4.98 Å². The zero-order chi connectivity index (χ0) is 16.7. The van der Waals surface area contributed by atoms with Crippen molar-refractivity contribution in [2.75, 3.05) is 0 Å². The fraction of sp³-hybridized carbons (Fsp3) is 0.667. The Bertz CT molecular complexity index is 547. The second-order valence-electron chi connectivity index (χ2n) is 5.54. The summed E-state index contributed by atoms with van der Waals surface area (Å²) in [6.45, 7) is 5.30. The molecule has 1 heterocycles. The van der Waals surface area contributed by atoms with Gasteiger partial charge in [-0.3, -0.25) is 0 Å². The Balaban J connectivity index is 2.63. The molecule has 0 saturated carbocycles. The molecule has 0 amide bonds. The van der Waals surface area contributed by atoms with Gasteiger partial charge in [0.2, 0.25) is 0 Å². The van der Waals surface area contributed by atoms with Crippen LogP contribution in [0.1, 0.15) is 62.5 Å². The minimum atomic E-state index is -4.75. The van der Waals surface area contributed by atoms with Crippen molar-refractivity contribution in [1.82, 2.24) is 4.98 Å². The molecule has 22 heavy (non-hydrogen) atoms. The van der Waals surface area contributed by atoms with Gasteiger partial charge in [0.15, 0.2) is 5.69 Å². The minimum Gasteiger partial charge on any atom is -0.489 e. The predicted molar refractivity (Wildman–Crippen MR) is 72.5 cm³/mol. The summed E-state index contributed by atoms with van der Waals surface area (Å²) in [5.41, 5.74) is -1.61. The highest BCUT2D eigenvalue weighted by Gasteiger charge is 2.48. The highest BCUT2D eigenvalue weighted by atomic mass is 19.4. The fourth-order valence-corrected chi connectivity index (χ4v) is 2.79. The lowest BCUT2D eigenvalue weighted by molar-refractivity contribution is -0.143. The monoisotopic (exact) mass is 321 g/mol. The lowest BCUT2D eigenvalue weighted by atomic mass is 9.97. The summed E-state index contributed by atoms with van der Waals surface area (Å²) in [7, 11) is 0. The average molecular weight is 321 g/mol. The topological polar surface area (TPSA) is 42.4 Å². The van der Waals surface area contributed by atoms with Crippen LogP contribution in [0.15, 0.2) is 6.20 Å². The van der Waals surface area contributed by atoms with Gasteiger partial charge in [-0.25, -0.2) is 9.37 Å². The van der Waals surface area contributed by atoms with Gasteiger partial charge in [0, 0.05) is 17.0 Å². The van der Waals surface area contributed by atoms with E-state index in [-0.39, 0.29) is 23.8 Å². The molecule has 4 atom stereocenters. The lowest BCUT2D eigenvalue weighted by Crippen LogP contribution is -2.17.